The van der Waals surface area contributed by atoms with Crippen LogP contribution < -0.4 is 0 Å². The zero-order valence-electron chi connectivity index (χ0n) is 5.97. The van der Waals surface area contributed by atoms with E-state index in [0.29, 0.717) is 0 Å². The minimum Gasteiger partial charge on any atom is 0 e. The van der Waals surface area contributed by atoms with Gasteiger partial charge in [-0.15, -0.1) is 0 Å². The van der Waals surface area contributed by atoms with Crippen molar-refractivity contribution >= 4 is 16.0 Å². The molecule has 0 unspecified atom stereocenters. The van der Waals surface area contributed by atoms with Crippen LogP contribution in [0.3, 0.4) is 0 Å². The van der Waals surface area contributed by atoms with Crippen molar-refractivity contribution in [3.8, 4) is 0 Å². The average Bonchev–Trinajstić information content (AvgIpc) is 1.95. The third-order valence-corrected chi connectivity index (χ3v) is 3.11. The van der Waals surface area contributed by atoms with Gasteiger partial charge in [-0.2, -0.15) is 0 Å². The van der Waals surface area contributed by atoms with Crippen LogP contribution in [0.4, 0.5) is 0 Å². The first kappa shape index (κ1) is 12.0. The third kappa shape index (κ3) is 3.09. The fourth-order valence-corrected chi connectivity index (χ4v) is 2.35. The number of rotatable bonds is 1. The predicted octanol–water partition coefficient (Wildman–Crippen LogP) is 2.37. The van der Waals surface area contributed by atoms with Gasteiger partial charge in [0.25, 0.3) is 0 Å². The van der Waals surface area contributed by atoms with E-state index in [1.54, 1.807) is 0 Å². The zero-order valence-corrected chi connectivity index (χ0v) is 12.6. The topological polar surface area (TPSA) is 0 Å². The van der Waals surface area contributed by atoms with Crippen LogP contribution in [0, 0.1) is 6.58 Å². The maximum absolute atomic E-state index is 5.93. The number of hydrogen-bond donors (Lipinski definition) is 0. The van der Waals surface area contributed by atoms with Crippen molar-refractivity contribution in [2.24, 2.45) is 0 Å². The van der Waals surface area contributed by atoms with E-state index in [0.717, 1.165) is 29.9 Å². The maximum Gasteiger partial charge on any atom is 0 e. The van der Waals surface area contributed by atoms with Gasteiger partial charge in [-0.1, -0.05) is 0 Å². The van der Waals surface area contributed by atoms with E-state index in [1.165, 1.54) is 24.9 Å². The maximum atomic E-state index is 5.93. The van der Waals surface area contributed by atoms with E-state index in [9.17, 15) is 0 Å². The van der Waals surface area contributed by atoms with Crippen molar-refractivity contribution < 1.29 is 40.4 Å². The van der Waals surface area contributed by atoms with Crippen molar-refractivity contribution in [2.45, 2.75) is 19.3 Å². The summed E-state index contributed by atoms with van der Waals surface area (Å²) in [6, 6.07) is 0. The molecule has 0 spiro atoms. The van der Waals surface area contributed by atoms with Crippen molar-refractivity contribution in [2.75, 3.05) is 0 Å². The third-order valence-electron chi connectivity index (χ3n) is 1.60. The molecule has 0 N–H and O–H groups in total. The van der Waals surface area contributed by atoms with Crippen LogP contribution in [0.25, 0.3) is 0 Å². The Balaban J connectivity index is 0.000001000. The van der Waals surface area contributed by atoms with Crippen LogP contribution in [-0.2, 0) is 40.4 Å². The monoisotopic (exact) mass is 507 g/mol. The molecule has 0 bridgehead atoms. The number of hydrogen-bond acceptors (Lipinski definition) is 0. The zero-order chi connectivity index (χ0) is 7.56. The molecule has 0 aromatic heterocycles. The Hall–Kier alpha value is 1.02. The van der Waals surface area contributed by atoms with Crippen molar-refractivity contribution in [3.05, 3.63) is 22.8 Å². The molecule has 3 heteroatoms. The number of allylic oxidation sites excluding steroid dienone is 3. The summed E-state index contributed by atoms with van der Waals surface area (Å²) >= 11 is 7.38. The minimum absolute atomic E-state index is 0. The van der Waals surface area contributed by atoms with Crippen LogP contribution in [0.5, 0.6) is 0 Å². The first-order valence-corrected chi connectivity index (χ1v) is 5.28. The first-order valence-electron chi connectivity index (χ1n) is 3.21. The molecule has 0 aromatic carbocycles. The molecule has 0 amide bonds. The second kappa shape index (κ2) is 5.63. The summed E-state index contributed by atoms with van der Waals surface area (Å²) in [6.07, 6.45) is 3.22. The normalized spacial score (nSPS) is 17.7. The second-order valence-corrected chi connectivity index (χ2v) is 3.56. The second-order valence-electron chi connectivity index (χ2n) is 2.34. The summed E-state index contributed by atoms with van der Waals surface area (Å²) in [5.41, 5.74) is 2.10. The molecule has 0 saturated carbocycles. The van der Waals surface area contributed by atoms with Gasteiger partial charge in [-0.3, -0.25) is 0 Å². The number of halogens is 1. The molecule has 0 fully saturated rings. The van der Waals surface area contributed by atoms with Gasteiger partial charge in [0.05, 0.1) is 0 Å². The SMILES string of the molecule is [CH-]=C1CCCC([CH]=[W])=C1Cl.[W]. The Morgan fingerprint density at radius 3 is 2.55 bits per heavy atom. The molecule has 60 valence electrons. The van der Waals surface area contributed by atoms with Gasteiger partial charge in [-0.25, -0.2) is 0 Å². The molecule has 0 radical (unpaired) electrons. The van der Waals surface area contributed by atoms with Gasteiger partial charge in [0.1, 0.15) is 0 Å². The van der Waals surface area contributed by atoms with E-state index >= 15 is 0 Å². The smallest absolute Gasteiger partial charge is 0 e. The molecule has 0 nitrogen and oxygen atoms in total. The molecular formula is C8H8ClW2-. The van der Waals surface area contributed by atoms with Gasteiger partial charge >= 0.3 is 77.4 Å². The van der Waals surface area contributed by atoms with Crippen molar-refractivity contribution in [1.29, 1.82) is 0 Å². The Morgan fingerprint density at radius 1 is 1.45 bits per heavy atom. The Labute approximate surface area is 97.8 Å². The van der Waals surface area contributed by atoms with Crippen molar-refractivity contribution in [3.63, 3.8) is 0 Å². The standard InChI is InChI=1S/C8H8Cl.2W/c1-6-4-3-5-7(2)8(6)9;;/h1-2H,3-5H2;;/q-1;;. The van der Waals surface area contributed by atoms with E-state index in [1.807, 2.05) is 0 Å². The Bertz CT molecular complexity index is 206. The van der Waals surface area contributed by atoms with E-state index in [4.69, 9.17) is 18.2 Å². The summed E-state index contributed by atoms with van der Waals surface area (Å²) < 4.78 is 2.12. The summed E-state index contributed by atoms with van der Waals surface area (Å²) in [6.45, 7) is 5.66. The summed E-state index contributed by atoms with van der Waals surface area (Å²) in [5, 5.41) is 0.807. The summed E-state index contributed by atoms with van der Waals surface area (Å²) in [7, 11) is 0. The van der Waals surface area contributed by atoms with Gasteiger partial charge in [-0.05, 0) is 0 Å². The van der Waals surface area contributed by atoms with Gasteiger partial charge in [0.2, 0.25) is 0 Å². The van der Waals surface area contributed by atoms with Crippen LogP contribution in [-0.4, -0.2) is 4.40 Å². The van der Waals surface area contributed by atoms with Crippen LogP contribution in [0.15, 0.2) is 16.2 Å². The molecule has 1 aliphatic carbocycles. The fourth-order valence-electron chi connectivity index (χ4n) is 1.01. The van der Waals surface area contributed by atoms with Gasteiger partial charge in [0, 0.05) is 21.1 Å². The molecular weight excluding hydrogens is 499 g/mol. The van der Waals surface area contributed by atoms with Crippen LogP contribution >= 0.6 is 11.6 Å². The minimum atomic E-state index is 0. The molecule has 0 aromatic rings. The Morgan fingerprint density at radius 2 is 2.09 bits per heavy atom. The summed E-state index contributed by atoms with van der Waals surface area (Å²) in [5.74, 6) is 0. The molecule has 1 rings (SSSR count). The van der Waals surface area contributed by atoms with Gasteiger partial charge in [0.15, 0.2) is 0 Å². The molecule has 11 heavy (non-hydrogen) atoms. The fraction of sp³-hybridized carbons (Fsp3) is 0.375. The molecule has 0 atom stereocenters. The first-order chi connectivity index (χ1) is 4.75. The molecule has 0 aliphatic heterocycles. The molecule has 0 heterocycles. The van der Waals surface area contributed by atoms with E-state index in [-0.39, 0.29) is 21.1 Å². The average molecular weight is 507 g/mol. The largest absolute Gasteiger partial charge is 0 e. The molecule has 0 saturated heterocycles. The quantitative estimate of drug-likeness (QED) is 0.479. The van der Waals surface area contributed by atoms with E-state index in [2.05, 4.69) is 4.40 Å². The van der Waals surface area contributed by atoms with Gasteiger partial charge < -0.3 is 0 Å². The van der Waals surface area contributed by atoms with Crippen LogP contribution in [0.1, 0.15) is 19.3 Å². The van der Waals surface area contributed by atoms with Crippen LogP contribution in [0.2, 0.25) is 0 Å². The Kier molecular flexibility index (Phi) is 6.15. The summed E-state index contributed by atoms with van der Waals surface area (Å²) in [4.78, 5) is 0. The molecule has 1 aliphatic rings. The predicted molar refractivity (Wildman–Crippen MR) is 40.6 cm³/mol. The van der Waals surface area contributed by atoms with E-state index < -0.39 is 0 Å². The van der Waals surface area contributed by atoms with Crippen molar-refractivity contribution in [1.82, 2.24) is 0 Å².